The van der Waals surface area contributed by atoms with Crippen molar-refractivity contribution in [3.63, 3.8) is 0 Å². The maximum Gasteiger partial charge on any atom is 0.307 e. The molecule has 0 saturated carbocycles. The lowest BCUT2D eigenvalue weighted by molar-refractivity contribution is -0.385. The number of nitrogens with zero attached hydrogens (tertiary/aromatic N) is 2. The molecule has 0 aliphatic rings. The molecule has 0 fully saturated rings. The minimum absolute atomic E-state index is 0.0781. The third-order valence-corrected chi connectivity index (χ3v) is 3.36. The molecule has 0 aliphatic heterocycles. The van der Waals surface area contributed by atoms with E-state index in [0.717, 1.165) is 0 Å². The topological polar surface area (TPSA) is 89.8 Å². The Kier molecular flexibility index (Phi) is 6.29. The molecular weight excluding hydrogens is 344 g/mol. The van der Waals surface area contributed by atoms with Gasteiger partial charge >= 0.3 is 5.97 Å². The van der Waals surface area contributed by atoms with Gasteiger partial charge in [0.25, 0.3) is 11.6 Å². The Bertz CT molecular complexity index is 561. The van der Waals surface area contributed by atoms with Gasteiger partial charge in [0.2, 0.25) is 0 Å². The lowest BCUT2D eigenvalue weighted by Gasteiger charge is -2.16. The maximum absolute atomic E-state index is 12.1. The number of hydrogen-bond acceptors (Lipinski definition) is 5. The summed E-state index contributed by atoms with van der Waals surface area (Å²) in [5.74, 6) is -0.783. The number of ether oxygens (including phenoxy) is 1. The van der Waals surface area contributed by atoms with Crippen molar-refractivity contribution < 1.29 is 19.2 Å². The molecular formula is C13H15BrN2O5. The molecule has 1 aromatic rings. The fourth-order valence-electron chi connectivity index (χ4n) is 1.60. The zero-order valence-electron chi connectivity index (χ0n) is 11.7. The van der Waals surface area contributed by atoms with Crippen molar-refractivity contribution in [2.24, 2.45) is 0 Å². The molecule has 0 N–H and O–H groups in total. The van der Waals surface area contributed by atoms with E-state index in [-0.39, 0.29) is 36.8 Å². The highest BCUT2D eigenvalue weighted by atomic mass is 79.9. The zero-order chi connectivity index (χ0) is 16.0. The molecule has 0 saturated heterocycles. The van der Waals surface area contributed by atoms with E-state index in [1.54, 1.807) is 6.92 Å². The Balaban J connectivity index is 2.76. The van der Waals surface area contributed by atoms with Gasteiger partial charge in [-0.25, -0.2) is 0 Å². The van der Waals surface area contributed by atoms with E-state index in [2.05, 4.69) is 15.9 Å². The van der Waals surface area contributed by atoms with Crippen LogP contribution in [-0.2, 0) is 9.53 Å². The molecule has 0 atom stereocenters. The molecule has 0 aliphatic carbocycles. The second-order valence-electron chi connectivity index (χ2n) is 4.21. The quantitative estimate of drug-likeness (QED) is 0.442. The number of amides is 1. The largest absolute Gasteiger partial charge is 0.466 e. The van der Waals surface area contributed by atoms with E-state index in [9.17, 15) is 19.7 Å². The fraction of sp³-hybridized carbons (Fsp3) is 0.385. The predicted octanol–water partition coefficient (Wildman–Crippen LogP) is 2.38. The minimum Gasteiger partial charge on any atom is -0.466 e. The molecule has 0 radical (unpaired) electrons. The van der Waals surface area contributed by atoms with Crippen molar-refractivity contribution in [2.45, 2.75) is 13.3 Å². The SMILES string of the molecule is CCOC(=O)CCN(C)C(=O)c1ccc(Br)c([N+](=O)[O-])c1. The van der Waals surface area contributed by atoms with Crippen LogP contribution in [0.1, 0.15) is 23.7 Å². The summed E-state index contributed by atoms with van der Waals surface area (Å²) >= 11 is 3.06. The molecule has 7 nitrogen and oxygen atoms in total. The van der Waals surface area contributed by atoms with Crippen molar-refractivity contribution in [3.8, 4) is 0 Å². The van der Waals surface area contributed by atoms with Crippen LogP contribution in [0.3, 0.4) is 0 Å². The lowest BCUT2D eigenvalue weighted by Crippen LogP contribution is -2.29. The Morgan fingerprint density at radius 2 is 2.10 bits per heavy atom. The summed E-state index contributed by atoms with van der Waals surface area (Å²) in [6.07, 6.45) is 0.0781. The van der Waals surface area contributed by atoms with Gasteiger partial charge in [-0.15, -0.1) is 0 Å². The van der Waals surface area contributed by atoms with Gasteiger partial charge in [0.1, 0.15) is 0 Å². The van der Waals surface area contributed by atoms with E-state index in [4.69, 9.17) is 4.74 Å². The van der Waals surface area contributed by atoms with Crippen LogP contribution in [0.25, 0.3) is 0 Å². The predicted molar refractivity (Wildman–Crippen MR) is 79.0 cm³/mol. The molecule has 0 bridgehead atoms. The number of nitro groups is 1. The highest BCUT2D eigenvalue weighted by Gasteiger charge is 2.18. The first kappa shape index (κ1) is 17.1. The van der Waals surface area contributed by atoms with Gasteiger partial charge in [-0.1, -0.05) is 0 Å². The van der Waals surface area contributed by atoms with Crippen LogP contribution < -0.4 is 0 Å². The molecule has 0 heterocycles. The third kappa shape index (κ3) is 4.82. The molecule has 0 aromatic heterocycles. The fourth-order valence-corrected chi connectivity index (χ4v) is 1.99. The number of nitro benzene ring substituents is 1. The Labute approximate surface area is 130 Å². The van der Waals surface area contributed by atoms with Crippen molar-refractivity contribution in [1.82, 2.24) is 4.90 Å². The monoisotopic (exact) mass is 358 g/mol. The van der Waals surface area contributed by atoms with Crippen molar-refractivity contribution in [3.05, 3.63) is 38.3 Å². The maximum atomic E-state index is 12.1. The molecule has 0 spiro atoms. The first-order valence-electron chi connectivity index (χ1n) is 6.21. The van der Waals surface area contributed by atoms with Crippen LogP contribution >= 0.6 is 15.9 Å². The Morgan fingerprint density at radius 3 is 2.67 bits per heavy atom. The highest BCUT2D eigenvalue weighted by molar-refractivity contribution is 9.10. The average Bonchev–Trinajstić information content (AvgIpc) is 2.44. The number of hydrogen-bond donors (Lipinski definition) is 0. The molecule has 0 unspecified atom stereocenters. The van der Waals surface area contributed by atoms with Crippen LogP contribution in [0, 0.1) is 10.1 Å². The van der Waals surface area contributed by atoms with E-state index in [1.165, 1.54) is 30.1 Å². The van der Waals surface area contributed by atoms with Gasteiger partial charge in [0, 0.05) is 25.2 Å². The summed E-state index contributed by atoms with van der Waals surface area (Å²) in [7, 11) is 1.52. The first-order valence-corrected chi connectivity index (χ1v) is 7.01. The molecule has 114 valence electrons. The number of halogens is 1. The normalized spacial score (nSPS) is 10.0. The van der Waals surface area contributed by atoms with E-state index >= 15 is 0 Å². The summed E-state index contributed by atoms with van der Waals surface area (Å²) in [6, 6.07) is 4.14. The van der Waals surface area contributed by atoms with Crippen molar-refractivity contribution in [1.29, 1.82) is 0 Å². The number of rotatable bonds is 6. The zero-order valence-corrected chi connectivity index (χ0v) is 13.3. The summed E-state index contributed by atoms with van der Waals surface area (Å²) < 4.78 is 5.08. The summed E-state index contributed by atoms with van der Waals surface area (Å²) in [4.78, 5) is 35.0. The van der Waals surface area contributed by atoms with Crippen LogP contribution in [0.15, 0.2) is 22.7 Å². The number of carbonyl (C=O) groups is 2. The van der Waals surface area contributed by atoms with Crippen LogP contribution in [-0.4, -0.2) is 41.9 Å². The molecule has 21 heavy (non-hydrogen) atoms. The molecule has 1 aromatic carbocycles. The highest BCUT2D eigenvalue weighted by Crippen LogP contribution is 2.26. The van der Waals surface area contributed by atoms with Crippen LogP contribution in [0.2, 0.25) is 0 Å². The van der Waals surface area contributed by atoms with Gasteiger partial charge in [-0.2, -0.15) is 0 Å². The summed E-state index contributed by atoms with van der Waals surface area (Å²) in [5, 5.41) is 10.8. The lowest BCUT2D eigenvalue weighted by atomic mass is 10.2. The van der Waals surface area contributed by atoms with Gasteiger partial charge in [-0.05, 0) is 35.0 Å². The number of esters is 1. The summed E-state index contributed by atoms with van der Waals surface area (Å²) in [6.45, 7) is 2.17. The summed E-state index contributed by atoms with van der Waals surface area (Å²) in [5.41, 5.74) is 0.0101. The average molecular weight is 359 g/mol. The third-order valence-electron chi connectivity index (χ3n) is 2.69. The molecule has 8 heteroatoms. The molecule has 1 rings (SSSR count). The second kappa shape index (κ2) is 7.72. The second-order valence-corrected chi connectivity index (χ2v) is 5.06. The number of carbonyl (C=O) groups excluding carboxylic acids is 2. The van der Waals surface area contributed by atoms with E-state index < -0.39 is 10.8 Å². The molecule has 1 amide bonds. The number of benzene rings is 1. The first-order chi connectivity index (χ1) is 9.86. The van der Waals surface area contributed by atoms with E-state index in [1.807, 2.05) is 0 Å². The Morgan fingerprint density at radius 1 is 1.43 bits per heavy atom. The standard InChI is InChI=1S/C13H15BrN2O5/c1-3-21-12(17)6-7-15(2)13(18)9-4-5-10(14)11(8-9)16(19)20/h4-5,8H,3,6-7H2,1-2H3. The van der Waals surface area contributed by atoms with Gasteiger partial charge in [0.05, 0.1) is 22.4 Å². The van der Waals surface area contributed by atoms with Crippen molar-refractivity contribution >= 4 is 33.5 Å². The van der Waals surface area contributed by atoms with Crippen LogP contribution in [0.4, 0.5) is 5.69 Å². The van der Waals surface area contributed by atoms with Gasteiger partial charge < -0.3 is 9.64 Å². The van der Waals surface area contributed by atoms with Crippen molar-refractivity contribution in [2.75, 3.05) is 20.2 Å². The Hall–Kier alpha value is -1.96. The van der Waals surface area contributed by atoms with E-state index in [0.29, 0.717) is 4.47 Å². The van der Waals surface area contributed by atoms with Gasteiger partial charge in [-0.3, -0.25) is 19.7 Å². The van der Waals surface area contributed by atoms with Crippen LogP contribution in [0.5, 0.6) is 0 Å². The van der Waals surface area contributed by atoms with Gasteiger partial charge in [0.15, 0.2) is 0 Å². The minimum atomic E-state index is -0.570. The smallest absolute Gasteiger partial charge is 0.307 e.